The van der Waals surface area contributed by atoms with Crippen molar-refractivity contribution in [3.8, 4) is 5.75 Å². The van der Waals surface area contributed by atoms with E-state index in [1.165, 1.54) is 12.1 Å². The average molecular weight is 242 g/mol. The lowest BCUT2D eigenvalue weighted by atomic mass is 9.87. The topological polar surface area (TPSA) is 63.6 Å². The molecule has 1 aromatic carbocycles. The number of aromatic carboxylic acids is 1. The Labute approximate surface area is 103 Å². The summed E-state index contributed by atoms with van der Waals surface area (Å²) in [6.07, 6.45) is 4.81. The fourth-order valence-electron chi connectivity index (χ4n) is 2.40. The third-order valence-electron chi connectivity index (χ3n) is 3.24. The summed E-state index contributed by atoms with van der Waals surface area (Å²) >= 11 is 0. The maximum atomic E-state index is 11.9. The molecule has 18 heavy (non-hydrogen) atoms. The van der Waals surface area contributed by atoms with Crippen LogP contribution in [0.5, 0.6) is 5.75 Å². The van der Waals surface area contributed by atoms with Crippen LogP contribution in [0.4, 0.5) is 0 Å². The van der Waals surface area contributed by atoms with E-state index in [-0.39, 0.29) is 11.3 Å². The Balaban J connectivity index is 2.26. The molecule has 3 rings (SSSR count). The highest BCUT2D eigenvalue weighted by Gasteiger charge is 2.38. The maximum Gasteiger partial charge on any atom is 0.339 e. The molecule has 0 radical (unpaired) electrons. The van der Waals surface area contributed by atoms with Gasteiger partial charge in [0.15, 0.2) is 5.78 Å². The first-order valence-electron chi connectivity index (χ1n) is 5.56. The molecular formula is C14H10O4. The van der Waals surface area contributed by atoms with Gasteiger partial charge < -0.3 is 9.84 Å². The summed E-state index contributed by atoms with van der Waals surface area (Å²) in [7, 11) is 0. The van der Waals surface area contributed by atoms with E-state index >= 15 is 0 Å². The molecule has 0 fully saturated rings. The van der Waals surface area contributed by atoms with Gasteiger partial charge in [-0.05, 0) is 30.7 Å². The van der Waals surface area contributed by atoms with E-state index < -0.39 is 11.9 Å². The predicted octanol–water partition coefficient (Wildman–Crippen LogP) is 2.19. The van der Waals surface area contributed by atoms with Crippen molar-refractivity contribution in [2.75, 3.05) is 0 Å². The van der Waals surface area contributed by atoms with E-state index in [1.807, 2.05) is 6.92 Å². The highest BCUT2D eigenvalue weighted by atomic mass is 16.5. The number of hydrogen-bond acceptors (Lipinski definition) is 3. The van der Waals surface area contributed by atoms with Crippen LogP contribution in [0.2, 0.25) is 0 Å². The molecule has 1 atom stereocenters. The zero-order valence-corrected chi connectivity index (χ0v) is 9.64. The van der Waals surface area contributed by atoms with E-state index in [0.29, 0.717) is 17.1 Å². The van der Waals surface area contributed by atoms with Crippen LogP contribution in [0.3, 0.4) is 0 Å². The fourth-order valence-corrected chi connectivity index (χ4v) is 2.40. The standard InChI is InChI=1S/C14H10O4/c1-7-5-6-8(14(16)17)13-11(7)12-9(15)3-2-4-10(12)18-13/h2-6,12H,1H3,(H,16,17). The summed E-state index contributed by atoms with van der Waals surface area (Å²) in [6, 6.07) is 3.21. The largest absolute Gasteiger partial charge is 0.478 e. The number of fused-ring (bicyclic) bond motifs is 3. The zero-order valence-electron chi connectivity index (χ0n) is 9.64. The highest BCUT2D eigenvalue weighted by Crippen LogP contribution is 2.46. The molecule has 1 aliphatic heterocycles. The van der Waals surface area contributed by atoms with Gasteiger partial charge in [0.25, 0.3) is 0 Å². The molecule has 2 aliphatic rings. The van der Waals surface area contributed by atoms with Crippen LogP contribution >= 0.6 is 0 Å². The highest BCUT2D eigenvalue weighted by molar-refractivity contribution is 6.02. The number of allylic oxidation sites excluding steroid dienone is 4. The molecule has 0 saturated heterocycles. The number of ketones is 1. The van der Waals surface area contributed by atoms with Crippen molar-refractivity contribution < 1.29 is 19.4 Å². The number of aryl methyl sites for hydroxylation is 1. The molecular weight excluding hydrogens is 232 g/mol. The van der Waals surface area contributed by atoms with Crippen LogP contribution in [-0.2, 0) is 4.79 Å². The third-order valence-corrected chi connectivity index (χ3v) is 3.24. The Bertz CT molecular complexity index is 637. The molecule has 0 saturated carbocycles. The number of carboxylic acids is 1. The van der Waals surface area contributed by atoms with Gasteiger partial charge in [-0.1, -0.05) is 12.1 Å². The minimum atomic E-state index is -1.05. The Morgan fingerprint density at radius 1 is 1.39 bits per heavy atom. The van der Waals surface area contributed by atoms with Gasteiger partial charge in [-0.15, -0.1) is 0 Å². The van der Waals surface area contributed by atoms with Crippen molar-refractivity contribution in [2.45, 2.75) is 12.8 Å². The molecule has 0 aromatic heterocycles. The molecule has 1 aromatic rings. The van der Waals surface area contributed by atoms with Gasteiger partial charge in [0.1, 0.15) is 23.0 Å². The number of carbonyl (C=O) groups is 2. The fraction of sp³-hybridized carbons (Fsp3) is 0.143. The molecule has 0 amide bonds. The van der Waals surface area contributed by atoms with Crippen molar-refractivity contribution >= 4 is 11.8 Å². The number of carboxylic acid groups (broad SMARTS) is 1. The van der Waals surface area contributed by atoms with Crippen molar-refractivity contribution in [1.29, 1.82) is 0 Å². The van der Waals surface area contributed by atoms with E-state index in [1.54, 1.807) is 18.2 Å². The molecule has 1 unspecified atom stereocenters. The van der Waals surface area contributed by atoms with Crippen molar-refractivity contribution in [3.05, 3.63) is 52.8 Å². The molecule has 4 heteroatoms. The first-order valence-corrected chi connectivity index (χ1v) is 5.56. The first-order chi connectivity index (χ1) is 8.59. The Morgan fingerprint density at radius 3 is 2.89 bits per heavy atom. The second-order valence-electron chi connectivity index (χ2n) is 4.34. The Hall–Kier alpha value is -2.36. The van der Waals surface area contributed by atoms with Gasteiger partial charge in [0.05, 0.1) is 0 Å². The molecule has 90 valence electrons. The maximum absolute atomic E-state index is 11.9. The first kappa shape index (κ1) is 10.8. The number of carbonyl (C=O) groups excluding carboxylic acids is 1. The SMILES string of the molecule is Cc1ccc(C(=O)O)c2c1C1C(=O)C=CC=C1O2. The van der Waals surface area contributed by atoms with Crippen LogP contribution in [0.1, 0.15) is 27.4 Å². The van der Waals surface area contributed by atoms with Crippen molar-refractivity contribution in [3.63, 3.8) is 0 Å². The lowest BCUT2D eigenvalue weighted by Gasteiger charge is -2.11. The van der Waals surface area contributed by atoms with Gasteiger partial charge in [-0.25, -0.2) is 4.79 Å². The van der Waals surface area contributed by atoms with Gasteiger partial charge in [0.2, 0.25) is 0 Å². The van der Waals surface area contributed by atoms with Gasteiger partial charge in [-0.3, -0.25) is 4.79 Å². The van der Waals surface area contributed by atoms with E-state index in [2.05, 4.69) is 0 Å². The number of rotatable bonds is 1. The quantitative estimate of drug-likeness (QED) is 0.819. The van der Waals surface area contributed by atoms with Crippen molar-refractivity contribution in [2.24, 2.45) is 0 Å². The van der Waals surface area contributed by atoms with Crippen LogP contribution in [-0.4, -0.2) is 16.9 Å². The minimum absolute atomic E-state index is 0.0723. The lowest BCUT2D eigenvalue weighted by molar-refractivity contribution is -0.115. The Morgan fingerprint density at radius 2 is 2.17 bits per heavy atom. The normalized spacial score (nSPS) is 19.9. The summed E-state index contributed by atoms with van der Waals surface area (Å²) in [5.74, 6) is -0.794. The van der Waals surface area contributed by atoms with Crippen LogP contribution in [0.15, 0.2) is 36.1 Å². The number of hydrogen-bond donors (Lipinski definition) is 1. The second-order valence-corrected chi connectivity index (χ2v) is 4.34. The smallest absolute Gasteiger partial charge is 0.339 e. The summed E-state index contributed by atoms with van der Waals surface area (Å²) in [5, 5.41) is 9.14. The summed E-state index contributed by atoms with van der Waals surface area (Å²) in [5.41, 5.74) is 1.64. The van der Waals surface area contributed by atoms with E-state index in [9.17, 15) is 9.59 Å². The molecule has 1 aliphatic carbocycles. The molecule has 1 heterocycles. The number of ether oxygens (including phenoxy) is 1. The van der Waals surface area contributed by atoms with Gasteiger partial charge in [0, 0.05) is 5.56 Å². The zero-order chi connectivity index (χ0) is 12.9. The third kappa shape index (κ3) is 1.32. The second kappa shape index (κ2) is 3.57. The van der Waals surface area contributed by atoms with Crippen molar-refractivity contribution in [1.82, 2.24) is 0 Å². The average Bonchev–Trinajstić information content (AvgIpc) is 2.70. The summed E-state index contributed by atoms with van der Waals surface area (Å²) in [6.45, 7) is 1.85. The predicted molar refractivity (Wildman–Crippen MR) is 63.7 cm³/mol. The van der Waals surface area contributed by atoms with Crippen LogP contribution < -0.4 is 4.74 Å². The molecule has 1 N–H and O–H groups in total. The molecule has 4 nitrogen and oxygen atoms in total. The lowest BCUT2D eigenvalue weighted by Crippen LogP contribution is -2.13. The monoisotopic (exact) mass is 242 g/mol. The van der Waals surface area contributed by atoms with E-state index in [4.69, 9.17) is 9.84 Å². The van der Waals surface area contributed by atoms with E-state index in [0.717, 1.165) is 5.56 Å². The van der Waals surface area contributed by atoms with Crippen LogP contribution in [0, 0.1) is 6.92 Å². The summed E-state index contributed by atoms with van der Waals surface area (Å²) in [4.78, 5) is 23.1. The van der Waals surface area contributed by atoms with Gasteiger partial charge >= 0.3 is 5.97 Å². The minimum Gasteiger partial charge on any atom is -0.478 e. The summed E-state index contributed by atoms with van der Waals surface area (Å²) < 4.78 is 5.56. The Kier molecular flexibility index (Phi) is 2.13. The van der Waals surface area contributed by atoms with Crippen LogP contribution in [0.25, 0.3) is 0 Å². The number of benzene rings is 1. The van der Waals surface area contributed by atoms with Gasteiger partial charge in [-0.2, -0.15) is 0 Å². The molecule has 0 spiro atoms. The molecule has 0 bridgehead atoms.